The highest BCUT2D eigenvalue weighted by molar-refractivity contribution is 5.82. The van der Waals surface area contributed by atoms with Gasteiger partial charge in [0.25, 0.3) is 0 Å². The van der Waals surface area contributed by atoms with Crippen LogP contribution in [0.25, 0.3) is 0 Å². The molecule has 0 aliphatic heterocycles. The maximum atomic E-state index is 12.1. The van der Waals surface area contributed by atoms with E-state index in [1.165, 1.54) is 19.3 Å². The van der Waals surface area contributed by atoms with Gasteiger partial charge in [-0.3, -0.25) is 4.79 Å². The third-order valence-corrected chi connectivity index (χ3v) is 7.43. The molecule has 3 aliphatic carbocycles. The molecule has 3 aliphatic rings. The van der Waals surface area contributed by atoms with Crippen molar-refractivity contribution in [1.82, 2.24) is 0 Å². The molecule has 0 aromatic rings. The maximum Gasteiger partial charge on any atom is 0.133 e. The molecule has 3 rings (SSSR count). The summed E-state index contributed by atoms with van der Waals surface area (Å²) in [6.07, 6.45) is 6.91. The Balaban J connectivity index is 1.98. The van der Waals surface area contributed by atoms with Crippen molar-refractivity contribution < 1.29 is 9.53 Å². The van der Waals surface area contributed by atoms with Crippen LogP contribution in [-0.4, -0.2) is 19.0 Å². The highest BCUT2D eigenvalue weighted by atomic mass is 16.5. The standard InChI is InChI=1S/C18H30O2/c1-16(2)13-6-8-17(3)11-12(19)10-14(17)18(13,4)9-7-15(16)20-5/h13-15H,6-11H2,1-5H3/t13-,14+,15-,17+,18-/m0/s1. The van der Waals surface area contributed by atoms with Crippen molar-refractivity contribution in [3.63, 3.8) is 0 Å². The third kappa shape index (κ3) is 1.76. The molecule has 0 unspecified atom stereocenters. The lowest BCUT2D eigenvalue weighted by atomic mass is 9.43. The first kappa shape index (κ1) is 14.6. The molecule has 0 bridgehead atoms. The largest absolute Gasteiger partial charge is 0.381 e. The Kier molecular flexibility index (Phi) is 3.14. The molecule has 20 heavy (non-hydrogen) atoms. The van der Waals surface area contributed by atoms with E-state index in [0.29, 0.717) is 29.1 Å². The fourth-order valence-corrected chi connectivity index (χ4v) is 6.49. The minimum atomic E-state index is 0.231. The van der Waals surface area contributed by atoms with Crippen LogP contribution in [0.1, 0.15) is 66.2 Å². The minimum absolute atomic E-state index is 0.231. The number of ketones is 1. The molecular formula is C18H30O2. The van der Waals surface area contributed by atoms with E-state index in [-0.39, 0.29) is 10.8 Å². The quantitative estimate of drug-likeness (QED) is 0.717. The summed E-state index contributed by atoms with van der Waals surface area (Å²) in [6, 6.07) is 0. The number of carbonyl (C=O) groups is 1. The van der Waals surface area contributed by atoms with Crippen LogP contribution < -0.4 is 0 Å². The van der Waals surface area contributed by atoms with Crippen molar-refractivity contribution in [3.05, 3.63) is 0 Å². The number of rotatable bonds is 1. The van der Waals surface area contributed by atoms with Crippen LogP contribution >= 0.6 is 0 Å². The van der Waals surface area contributed by atoms with E-state index in [0.717, 1.165) is 19.3 Å². The number of ether oxygens (including phenoxy) is 1. The van der Waals surface area contributed by atoms with Gasteiger partial charge in [-0.2, -0.15) is 0 Å². The first-order chi connectivity index (χ1) is 9.24. The van der Waals surface area contributed by atoms with Crippen molar-refractivity contribution in [1.29, 1.82) is 0 Å². The summed E-state index contributed by atoms with van der Waals surface area (Å²) in [5, 5.41) is 0. The zero-order chi connectivity index (χ0) is 14.8. The van der Waals surface area contributed by atoms with E-state index in [4.69, 9.17) is 4.74 Å². The summed E-state index contributed by atoms with van der Waals surface area (Å²) in [7, 11) is 1.86. The lowest BCUT2D eigenvalue weighted by Crippen LogP contribution is -2.57. The zero-order valence-corrected chi connectivity index (χ0v) is 13.8. The second kappa shape index (κ2) is 4.32. The highest BCUT2D eigenvalue weighted by Gasteiger charge is 2.62. The Hall–Kier alpha value is -0.370. The molecule has 5 atom stereocenters. The van der Waals surface area contributed by atoms with Crippen LogP contribution in [0.15, 0.2) is 0 Å². The lowest BCUT2D eigenvalue weighted by Gasteiger charge is -2.62. The molecule has 0 aromatic heterocycles. The minimum Gasteiger partial charge on any atom is -0.381 e. The van der Waals surface area contributed by atoms with Gasteiger partial charge in [0, 0.05) is 20.0 Å². The number of Topliss-reactive ketones (excluding diaryl/α,β-unsaturated/α-hetero) is 1. The van der Waals surface area contributed by atoms with Crippen molar-refractivity contribution in [2.24, 2.45) is 28.1 Å². The van der Waals surface area contributed by atoms with Gasteiger partial charge in [0.2, 0.25) is 0 Å². The highest BCUT2D eigenvalue weighted by Crippen LogP contribution is 2.67. The van der Waals surface area contributed by atoms with Crippen molar-refractivity contribution >= 4 is 5.78 Å². The Morgan fingerprint density at radius 2 is 1.75 bits per heavy atom. The predicted octanol–water partition coefficient (Wildman–Crippen LogP) is 4.22. The fourth-order valence-electron chi connectivity index (χ4n) is 6.49. The van der Waals surface area contributed by atoms with Gasteiger partial charge in [-0.1, -0.05) is 27.7 Å². The Morgan fingerprint density at radius 1 is 1.05 bits per heavy atom. The van der Waals surface area contributed by atoms with Crippen molar-refractivity contribution in [2.45, 2.75) is 72.3 Å². The van der Waals surface area contributed by atoms with E-state index < -0.39 is 0 Å². The number of fused-ring (bicyclic) bond motifs is 3. The molecule has 0 amide bonds. The molecule has 0 saturated heterocycles. The van der Waals surface area contributed by atoms with E-state index in [9.17, 15) is 4.79 Å². The van der Waals surface area contributed by atoms with Crippen molar-refractivity contribution in [3.8, 4) is 0 Å². The molecule has 2 heteroatoms. The fraction of sp³-hybridized carbons (Fsp3) is 0.944. The SMILES string of the molecule is CO[C@H]1CC[C@]2(C)[C@@H]3CC(=O)C[C@@]3(C)CC[C@H]2C1(C)C. The zero-order valence-electron chi connectivity index (χ0n) is 13.8. The molecule has 0 N–H and O–H groups in total. The van der Waals surface area contributed by atoms with Crippen LogP contribution in [0.2, 0.25) is 0 Å². The van der Waals surface area contributed by atoms with E-state index in [1.54, 1.807) is 0 Å². The Morgan fingerprint density at radius 3 is 2.40 bits per heavy atom. The molecule has 0 aromatic carbocycles. The molecule has 114 valence electrons. The second-order valence-corrected chi connectivity index (χ2v) is 8.81. The average molecular weight is 278 g/mol. The van der Waals surface area contributed by atoms with E-state index >= 15 is 0 Å². The molecule has 0 heterocycles. The van der Waals surface area contributed by atoms with Crippen LogP contribution in [0.4, 0.5) is 0 Å². The maximum absolute atomic E-state index is 12.1. The normalized spacial score (nSPS) is 50.6. The summed E-state index contributed by atoms with van der Waals surface area (Å²) in [6.45, 7) is 9.64. The molecular weight excluding hydrogens is 248 g/mol. The number of hydrogen-bond donors (Lipinski definition) is 0. The van der Waals surface area contributed by atoms with E-state index in [2.05, 4.69) is 27.7 Å². The van der Waals surface area contributed by atoms with Gasteiger partial charge in [-0.05, 0) is 53.8 Å². The second-order valence-electron chi connectivity index (χ2n) is 8.81. The van der Waals surface area contributed by atoms with Crippen LogP contribution in [0.3, 0.4) is 0 Å². The topological polar surface area (TPSA) is 26.3 Å². The summed E-state index contributed by atoms with van der Waals surface area (Å²) in [4.78, 5) is 12.1. The van der Waals surface area contributed by atoms with Crippen LogP contribution in [0.5, 0.6) is 0 Å². The van der Waals surface area contributed by atoms with Gasteiger partial charge in [0.15, 0.2) is 0 Å². The van der Waals surface area contributed by atoms with Crippen LogP contribution in [-0.2, 0) is 9.53 Å². The molecule has 3 fully saturated rings. The van der Waals surface area contributed by atoms with Crippen LogP contribution in [0, 0.1) is 28.1 Å². The van der Waals surface area contributed by atoms with Gasteiger partial charge < -0.3 is 4.74 Å². The molecule has 0 radical (unpaired) electrons. The van der Waals surface area contributed by atoms with Gasteiger partial charge in [0.1, 0.15) is 5.78 Å². The molecule has 2 nitrogen and oxygen atoms in total. The smallest absolute Gasteiger partial charge is 0.133 e. The number of hydrogen-bond acceptors (Lipinski definition) is 2. The number of methoxy groups -OCH3 is 1. The Bertz CT molecular complexity index is 427. The molecule has 3 saturated carbocycles. The van der Waals surface area contributed by atoms with Gasteiger partial charge in [0.05, 0.1) is 6.10 Å². The monoisotopic (exact) mass is 278 g/mol. The Labute approximate surface area is 123 Å². The van der Waals surface area contributed by atoms with Gasteiger partial charge in [-0.25, -0.2) is 0 Å². The lowest BCUT2D eigenvalue weighted by molar-refractivity contribution is -0.170. The number of carbonyl (C=O) groups excluding carboxylic acids is 1. The summed E-state index contributed by atoms with van der Waals surface area (Å²) < 4.78 is 5.79. The average Bonchev–Trinajstić information content (AvgIpc) is 2.65. The first-order valence-electron chi connectivity index (χ1n) is 8.28. The molecule has 0 spiro atoms. The first-order valence-corrected chi connectivity index (χ1v) is 8.28. The predicted molar refractivity (Wildman–Crippen MR) is 80.5 cm³/mol. The third-order valence-electron chi connectivity index (χ3n) is 7.43. The summed E-state index contributed by atoms with van der Waals surface area (Å²) >= 11 is 0. The summed E-state index contributed by atoms with van der Waals surface area (Å²) in [5.41, 5.74) is 0.838. The van der Waals surface area contributed by atoms with Gasteiger partial charge in [-0.15, -0.1) is 0 Å². The van der Waals surface area contributed by atoms with E-state index in [1.807, 2.05) is 7.11 Å². The van der Waals surface area contributed by atoms with Crippen molar-refractivity contribution in [2.75, 3.05) is 7.11 Å². The van der Waals surface area contributed by atoms with Gasteiger partial charge >= 0.3 is 0 Å². The summed E-state index contributed by atoms with van der Waals surface area (Å²) in [5.74, 6) is 1.79.